The number of benzene rings is 2. The van der Waals surface area contributed by atoms with Crippen LogP contribution < -0.4 is 15.4 Å². The molecule has 3 amide bonds. The molecule has 3 N–H and O–H groups in total. The van der Waals surface area contributed by atoms with Crippen LogP contribution in [0.25, 0.3) is 0 Å². The van der Waals surface area contributed by atoms with Gasteiger partial charge in [-0.1, -0.05) is 24.3 Å². The van der Waals surface area contributed by atoms with Crippen LogP contribution in [0, 0.1) is 12.3 Å². The Bertz CT molecular complexity index is 1480. The highest BCUT2D eigenvalue weighted by Crippen LogP contribution is 2.37. The number of piperidine rings is 1. The molecular formula is C32H37N5O6. The molecule has 0 saturated carbocycles. The zero-order valence-electron chi connectivity index (χ0n) is 24.3. The molecule has 0 unspecified atom stereocenters. The number of hydrogen-bond acceptors (Lipinski definition) is 6. The second kappa shape index (κ2) is 13.1. The van der Waals surface area contributed by atoms with Gasteiger partial charge in [-0.15, -0.1) is 0 Å². The number of aromatic nitrogens is 2. The zero-order chi connectivity index (χ0) is 30.4. The standard InChI is InChI=1S/C32H37N5O6/c1-22-33-14-18-36(22)15-10-29(39)37-16-11-32(12-17-37)21-24-3-2-4-26(19-24)43-25-7-5-23(6-8-25)20-27(30(40)41)35-28(38)9-13-34-31(32)42/h2-8,14,18-19,27H,9-13,15-17,20-21H2,1H3,(H,34,42)(H,35,38)(H,40,41)/t27-/m0/s1. The van der Waals surface area contributed by atoms with Gasteiger partial charge in [-0.25, -0.2) is 9.78 Å². The van der Waals surface area contributed by atoms with Crippen LogP contribution in [0.3, 0.4) is 0 Å². The first kappa shape index (κ1) is 29.8. The molecule has 3 aliphatic rings. The van der Waals surface area contributed by atoms with Crippen molar-refractivity contribution in [3.8, 4) is 11.5 Å². The lowest BCUT2D eigenvalue weighted by Crippen LogP contribution is -2.52. The number of carbonyl (C=O) groups excluding carboxylic acids is 3. The molecule has 6 rings (SSSR count). The molecule has 11 heteroatoms. The molecule has 1 fully saturated rings. The minimum atomic E-state index is -1.13. The van der Waals surface area contributed by atoms with Crippen molar-refractivity contribution in [1.82, 2.24) is 25.1 Å². The van der Waals surface area contributed by atoms with Gasteiger partial charge < -0.3 is 29.9 Å². The fourth-order valence-electron chi connectivity index (χ4n) is 5.80. The lowest BCUT2D eigenvalue weighted by Gasteiger charge is -2.41. The van der Waals surface area contributed by atoms with Gasteiger partial charge in [-0.05, 0) is 61.6 Å². The van der Waals surface area contributed by atoms with Crippen molar-refractivity contribution < 1.29 is 29.0 Å². The van der Waals surface area contributed by atoms with Crippen LogP contribution in [0.4, 0.5) is 0 Å². The Labute approximate surface area is 250 Å². The van der Waals surface area contributed by atoms with Crippen LogP contribution in [0.5, 0.6) is 11.5 Å². The maximum Gasteiger partial charge on any atom is 0.326 e. The number of carbonyl (C=O) groups is 4. The highest BCUT2D eigenvalue weighted by atomic mass is 16.5. The summed E-state index contributed by atoms with van der Waals surface area (Å²) in [6, 6.07) is 13.6. The average molecular weight is 588 g/mol. The first-order valence-electron chi connectivity index (χ1n) is 14.6. The zero-order valence-corrected chi connectivity index (χ0v) is 24.3. The van der Waals surface area contributed by atoms with Crippen molar-refractivity contribution >= 4 is 23.7 Å². The third-order valence-electron chi connectivity index (χ3n) is 8.36. The van der Waals surface area contributed by atoms with Crippen LogP contribution in [-0.4, -0.2) is 68.9 Å². The average Bonchev–Trinajstić information content (AvgIpc) is 3.41. The first-order chi connectivity index (χ1) is 20.7. The smallest absolute Gasteiger partial charge is 0.326 e. The molecule has 1 spiro atoms. The molecule has 11 nitrogen and oxygen atoms in total. The van der Waals surface area contributed by atoms with E-state index < -0.39 is 23.3 Å². The van der Waals surface area contributed by atoms with Crippen molar-refractivity contribution in [1.29, 1.82) is 0 Å². The van der Waals surface area contributed by atoms with E-state index in [-0.39, 0.29) is 31.2 Å². The SMILES string of the molecule is Cc1nccn1CCC(=O)N1CCC2(CC1)Cc1cccc(c1)Oc1ccc(cc1)C[C@@H](C(=O)O)NC(=O)CCNC2=O. The molecule has 43 heavy (non-hydrogen) atoms. The third-order valence-corrected chi connectivity index (χ3v) is 8.36. The van der Waals surface area contributed by atoms with Crippen LogP contribution >= 0.6 is 0 Å². The summed E-state index contributed by atoms with van der Waals surface area (Å²) in [5.41, 5.74) is 0.887. The second-order valence-electron chi connectivity index (χ2n) is 11.3. The highest BCUT2D eigenvalue weighted by Gasteiger charge is 2.42. The van der Waals surface area contributed by atoms with Gasteiger partial charge in [0.1, 0.15) is 23.4 Å². The molecule has 0 radical (unpaired) electrons. The second-order valence-corrected chi connectivity index (χ2v) is 11.3. The predicted molar refractivity (Wildman–Crippen MR) is 157 cm³/mol. The number of carboxylic acid groups (broad SMARTS) is 1. The lowest BCUT2D eigenvalue weighted by molar-refractivity contribution is -0.142. The summed E-state index contributed by atoms with van der Waals surface area (Å²) in [7, 11) is 0. The van der Waals surface area contributed by atoms with Crippen molar-refractivity contribution in [3.63, 3.8) is 0 Å². The van der Waals surface area contributed by atoms with E-state index in [9.17, 15) is 24.3 Å². The van der Waals surface area contributed by atoms with E-state index in [2.05, 4.69) is 15.6 Å². The van der Waals surface area contributed by atoms with Gasteiger partial charge in [-0.3, -0.25) is 14.4 Å². The number of carboxylic acids is 1. The van der Waals surface area contributed by atoms with Crippen LogP contribution in [-0.2, 0) is 38.6 Å². The van der Waals surface area contributed by atoms with Gasteiger partial charge in [0.2, 0.25) is 17.7 Å². The molecule has 3 aliphatic heterocycles. The van der Waals surface area contributed by atoms with E-state index in [0.29, 0.717) is 56.8 Å². The number of aliphatic carboxylic acids is 1. The van der Waals surface area contributed by atoms with Gasteiger partial charge >= 0.3 is 5.97 Å². The molecule has 226 valence electrons. The van der Waals surface area contributed by atoms with Crippen LogP contribution in [0.2, 0.25) is 0 Å². The van der Waals surface area contributed by atoms with Crippen molar-refractivity contribution in [2.24, 2.45) is 5.41 Å². The van der Waals surface area contributed by atoms with Gasteiger partial charge in [0.15, 0.2) is 0 Å². The van der Waals surface area contributed by atoms with E-state index in [0.717, 1.165) is 17.0 Å². The molecule has 1 aromatic heterocycles. The minimum Gasteiger partial charge on any atom is -0.480 e. The van der Waals surface area contributed by atoms with Crippen molar-refractivity contribution in [3.05, 3.63) is 77.9 Å². The molecular weight excluding hydrogens is 550 g/mol. The number of imidazole rings is 1. The van der Waals surface area contributed by atoms with E-state index in [4.69, 9.17) is 4.74 Å². The molecule has 1 saturated heterocycles. The molecule has 4 bridgehead atoms. The van der Waals surface area contributed by atoms with Gasteiger partial charge in [-0.2, -0.15) is 0 Å². The summed E-state index contributed by atoms with van der Waals surface area (Å²) in [6.07, 6.45) is 5.36. The number of hydrogen-bond donors (Lipinski definition) is 3. The van der Waals surface area contributed by atoms with Gasteiger partial charge in [0, 0.05) is 57.8 Å². The Balaban J connectivity index is 1.34. The Kier molecular flexibility index (Phi) is 9.08. The Hall–Kier alpha value is -4.67. The first-order valence-corrected chi connectivity index (χ1v) is 14.6. The molecule has 4 heterocycles. The number of aryl methyl sites for hydroxylation is 2. The summed E-state index contributed by atoms with van der Waals surface area (Å²) >= 11 is 0. The topological polar surface area (TPSA) is 143 Å². The lowest BCUT2D eigenvalue weighted by atomic mass is 9.72. The number of nitrogens with zero attached hydrogens (tertiary/aromatic N) is 3. The number of likely N-dealkylation sites (tertiary alicyclic amines) is 1. The van der Waals surface area contributed by atoms with Crippen LogP contribution in [0.1, 0.15) is 42.6 Å². The maximum absolute atomic E-state index is 13.8. The van der Waals surface area contributed by atoms with Crippen molar-refractivity contribution in [2.75, 3.05) is 19.6 Å². The summed E-state index contributed by atoms with van der Waals surface area (Å²) in [5.74, 6) is 0.333. The number of nitrogens with one attached hydrogen (secondary N) is 2. The number of ether oxygens (including phenoxy) is 1. The quantitative estimate of drug-likeness (QED) is 0.426. The molecule has 1 atom stereocenters. The van der Waals surface area contributed by atoms with E-state index in [1.54, 1.807) is 30.5 Å². The number of rotatable bonds is 4. The summed E-state index contributed by atoms with van der Waals surface area (Å²) in [6.45, 7) is 3.41. The fourth-order valence-corrected chi connectivity index (χ4v) is 5.80. The normalized spacial score (nSPS) is 19.1. The maximum atomic E-state index is 13.8. The van der Waals surface area contributed by atoms with Crippen LogP contribution in [0.15, 0.2) is 60.9 Å². The number of amides is 3. The van der Waals surface area contributed by atoms with E-state index >= 15 is 0 Å². The fraction of sp³-hybridized carbons (Fsp3) is 0.406. The Morgan fingerprint density at radius 1 is 1.07 bits per heavy atom. The largest absolute Gasteiger partial charge is 0.480 e. The van der Waals surface area contributed by atoms with E-state index in [1.807, 2.05) is 46.9 Å². The molecule has 2 aromatic carbocycles. The molecule has 3 aromatic rings. The van der Waals surface area contributed by atoms with Gasteiger partial charge in [0.05, 0.1) is 5.41 Å². The minimum absolute atomic E-state index is 0.0367. The van der Waals surface area contributed by atoms with E-state index in [1.165, 1.54) is 0 Å². The monoisotopic (exact) mass is 587 g/mol. The summed E-state index contributed by atoms with van der Waals surface area (Å²) < 4.78 is 8.02. The van der Waals surface area contributed by atoms with Crippen molar-refractivity contribution in [2.45, 2.75) is 58.0 Å². The molecule has 0 aliphatic carbocycles. The summed E-state index contributed by atoms with van der Waals surface area (Å²) in [5, 5.41) is 15.2. The summed E-state index contributed by atoms with van der Waals surface area (Å²) in [4.78, 5) is 57.3. The predicted octanol–water partition coefficient (Wildman–Crippen LogP) is 2.86. The Morgan fingerprint density at radius 3 is 2.53 bits per heavy atom. The van der Waals surface area contributed by atoms with Gasteiger partial charge in [0.25, 0.3) is 0 Å². The Morgan fingerprint density at radius 2 is 1.84 bits per heavy atom. The highest BCUT2D eigenvalue weighted by molar-refractivity contribution is 5.86. The third kappa shape index (κ3) is 7.40. The number of fused-ring (bicyclic) bond motifs is 9.